The summed E-state index contributed by atoms with van der Waals surface area (Å²) in [6.07, 6.45) is 11.8. The highest BCUT2D eigenvalue weighted by Gasteiger charge is 2.24. The summed E-state index contributed by atoms with van der Waals surface area (Å²) in [6, 6.07) is 0.879. The molecule has 0 aromatic heterocycles. The molecule has 0 bridgehead atoms. The molecule has 16 heavy (non-hydrogen) atoms. The molecular formula is C15H29N. The van der Waals surface area contributed by atoms with Crippen LogP contribution in [0, 0.1) is 17.8 Å². The molecule has 0 aliphatic heterocycles. The van der Waals surface area contributed by atoms with E-state index in [1.165, 1.54) is 57.9 Å². The maximum absolute atomic E-state index is 3.67. The van der Waals surface area contributed by atoms with Gasteiger partial charge in [0.15, 0.2) is 0 Å². The monoisotopic (exact) mass is 223 g/mol. The standard InChI is InChI=1S/C15H29N/c1-12(10-14-6-4-3-5-7-14)13(2)11-16-15-8-9-15/h12-16H,3-11H2,1-2H3. The van der Waals surface area contributed by atoms with Crippen molar-refractivity contribution in [2.45, 2.75) is 71.3 Å². The van der Waals surface area contributed by atoms with E-state index in [0.717, 1.165) is 23.8 Å². The van der Waals surface area contributed by atoms with Gasteiger partial charge in [0.1, 0.15) is 0 Å². The van der Waals surface area contributed by atoms with Gasteiger partial charge in [0.25, 0.3) is 0 Å². The molecule has 2 unspecified atom stereocenters. The molecule has 1 heteroatoms. The molecule has 0 heterocycles. The second kappa shape index (κ2) is 6.05. The van der Waals surface area contributed by atoms with Gasteiger partial charge < -0.3 is 5.32 Å². The third-order valence-corrected chi connectivity index (χ3v) is 4.71. The van der Waals surface area contributed by atoms with Gasteiger partial charge in [-0.1, -0.05) is 46.0 Å². The van der Waals surface area contributed by atoms with E-state index in [9.17, 15) is 0 Å². The van der Waals surface area contributed by atoms with E-state index in [2.05, 4.69) is 19.2 Å². The van der Waals surface area contributed by atoms with Crippen LogP contribution in [0.4, 0.5) is 0 Å². The highest BCUT2D eigenvalue weighted by Crippen LogP contribution is 2.31. The molecule has 0 aromatic rings. The number of rotatable bonds is 6. The van der Waals surface area contributed by atoms with Crippen LogP contribution < -0.4 is 5.32 Å². The van der Waals surface area contributed by atoms with E-state index in [-0.39, 0.29) is 0 Å². The molecule has 1 N–H and O–H groups in total. The highest BCUT2D eigenvalue weighted by atomic mass is 14.9. The Morgan fingerprint density at radius 2 is 1.62 bits per heavy atom. The van der Waals surface area contributed by atoms with Crippen molar-refractivity contribution >= 4 is 0 Å². The second-order valence-electron chi connectivity index (χ2n) is 6.38. The predicted octanol–water partition coefficient (Wildman–Crippen LogP) is 3.98. The maximum atomic E-state index is 3.67. The van der Waals surface area contributed by atoms with Crippen LogP contribution in [-0.2, 0) is 0 Å². The van der Waals surface area contributed by atoms with Gasteiger partial charge in [0.05, 0.1) is 0 Å². The molecule has 0 saturated heterocycles. The molecule has 0 radical (unpaired) electrons. The summed E-state index contributed by atoms with van der Waals surface area (Å²) in [5.41, 5.74) is 0. The summed E-state index contributed by atoms with van der Waals surface area (Å²) in [7, 11) is 0. The van der Waals surface area contributed by atoms with E-state index in [1.807, 2.05) is 0 Å². The van der Waals surface area contributed by atoms with Crippen LogP contribution in [0.25, 0.3) is 0 Å². The summed E-state index contributed by atoms with van der Waals surface area (Å²) in [5, 5.41) is 3.67. The van der Waals surface area contributed by atoms with Crippen LogP contribution in [0.15, 0.2) is 0 Å². The van der Waals surface area contributed by atoms with Crippen LogP contribution >= 0.6 is 0 Å². The molecular weight excluding hydrogens is 194 g/mol. The summed E-state index contributed by atoms with van der Waals surface area (Å²) in [6.45, 7) is 6.15. The van der Waals surface area contributed by atoms with Crippen LogP contribution in [0.1, 0.15) is 65.2 Å². The maximum Gasteiger partial charge on any atom is 0.00683 e. The molecule has 0 aromatic carbocycles. The van der Waals surface area contributed by atoms with E-state index in [1.54, 1.807) is 0 Å². The van der Waals surface area contributed by atoms with Gasteiger partial charge in [0, 0.05) is 6.04 Å². The Morgan fingerprint density at radius 1 is 0.938 bits per heavy atom. The van der Waals surface area contributed by atoms with Crippen molar-refractivity contribution in [3.8, 4) is 0 Å². The minimum atomic E-state index is 0.863. The zero-order valence-electron chi connectivity index (χ0n) is 11.2. The van der Waals surface area contributed by atoms with Crippen molar-refractivity contribution in [3.63, 3.8) is 0 Å². The summed E-state index contributed by atoms with van der Waals surface area (Å²) in [5.74, 6) is 2.82. The lowest BCUT2D eigenvalue weighted by Gasteiger charge is -2.28. The lowest BCUT2D eigenvalue weighted by Crippen LogP contribution is -2.28. The van der Waals surface area contributed by atoms with Crippen molar-refractivity contribution in [1.29, 1.82) is 0 Å². The molecule has 2 aliphatic rings. The minimum Gasteiger partial charge on any atom is -0.314 e. The largest absolute Gasteiger partial charge is 0.314 e. The van der Waals surface area contributed by atoms with Crippen molar-refractivity contribution in [1.82, 2.24) is 5.32 Å². The molecule has 94 valence electrons. The zero-order chi connectivity index (χ0) is 11.4. The first-order chi connectivity index (χ1) is 7.75. The fourth-order valence-corrected chi connectivity index (χ4v) is 3.02. The normalized spacial score (nSPS) is 26.6. The topological polar surface area (TPSA) is 12.0 Å². The van der Waals surface area contributed by atoms with E-state index in [4.69, 9.17) is 0 Å². The zero-order valence-corrected chi connectivity index (χ0v) is 11.2. The molecule has 0 amide bonds. The Morgan fingerprint density at radius 3 is 2.25 bits per heavy atom. The molecule has 2 atom stereocenters. The Labute approximate surface area is 101 Å². The molecule has 1 nitrogen and oxygen atoms in total. The van der Waals surface area contributed by atoms with Crippen molar-refractivity contribution < 1.29 is 0 Å². The van der Waals surface area contributed by atoms with Gasteiger partial charge in [-0.15, -0.1) is 0 Å². The summed E-state index contributed by atoms with van der Waals surface area (Å²) < 4.78 is 0. The van der Waals surface area contributed by atoms with Gasteiger partial charge in [-0.2, -0.15) is 0 Å². The molecule has 2 aliphatic carbocycles. The summed E-state index contributed by atoms with van der Waals surface area (Å²) in [4.78, 5) is 0. The number of nitrogens with one attached hydrogen (secondary N) is 1. The fraction of sp³-hybridized carbons (Fsp3) is 1.00. The third-order valence-electron chi connectivity index (χ3n) is 4.71. The first kappa shape index (κ1) is 12.4. The van der Waals surface area contributed by atoms with E-state index >= 15 is 0 Å². The predicted molar refractivity (Wildman–Crippen MR) is 70.5 cm³/mol. The van der Waals surface area contributed by atoms with Crippen LogP contribution in [0.5, 0.6) is 0 Å². The average Bonchev–Trinajstić information content (AvgIpc) is 3.11. The Hall–Kier alpha value is -0.0400. The van der Waals surface area contributed by atoms with Crippen LogP contribution in [0.3, 0.4) is 0 Å². The van der Waals surface area contributed by atoms with Crippen molar-refractivity contribution in [3.05, 3.63) is 0 Å². The lowest BCUT2D eigenvalue weighted by molar-refractivity contribution is 0.248. The summed E-state index contributed by atoms with van der Waals surface area (Å²) >= 11 is 0. The first-order valence-electron chi connectivity index (χ1n) is 7.49. The number of hydrogen-bond donors (Lipinski definition) is 1. The quantitative estimate of drug-likeness (QED) is 0.718. The van der Waals surface area contributed by atoms with Crippen LogP contribution in [-0.4, -0.2) is 12.6 Å². The van der Waals surface area contributed by atoms with Crippen LogP contribution in [0.2, 0.25) is 0 Å². The molecule has 2 fully saturated rings. The van der Waals surface area contributed by atoms with Gasteiger partial charge >= 0.3 is 0 Å². The Kier molecular flexibility index (Phi) is 4.69. The van der Waals surface area contributed by atoms with Gasteiger partial charge in [-0.05, 0) is 43.6 Å². The minimum absolute atomic E-state index is 0.863. The molecule has 2 rings (SSSR count). The van der Waals surface area contributed by atoms with E-state index in [0.29, 0.717) is 0 Å². The van der Waals surface area contributed by atoms with Gasteiger partial charge in [0.2, 0.25) is 0 Å². The Bertz CT molecular complexity index is 192. The van der Waals surface area contributed by atoms with Crippen molar-refractivity contribution in [2.24, 2.45) is 17.8 Å². The SMILES string of the molecule is CC(CNC1CC1)C(C)CC1CCCCC1. The van der Waals surface area contributed by atoms with Crippen molar-refractivity contribution in [2.75, 3.05) is 6.54 Å². The second-order valence-corrected chi connectivity index (χ2v) is 6.38. The fourth-order valence-electron chi connectivity index (χ4n) is 3.02. The number of hydrogen-bond acceptors (Lipinski definition) is 1. The van der Waals surface area contributed by atoms with Gasteiger partial charge in [-0.3, -0.25) is 0 Å². The molecule has 0 spiro atoms. The van der Waals surface area contributed by atoms with Gasteiger partial charge in [-0.25, -0.2) is 0 Å². The highest BCUT2D eigenvalue weighted by molar-refractivity contribution is 4.82. The third kappa shape index (κ3) is 4.08. The van der Waals surface area contributed by atoms with E-state index < -0.39 is 0 Å². The Balaban J connectivity index is 1.62. The lowest BCUT2D eigenvalue weighted by atomic mass is 9.79. The molecule has 2 saturated carbocycles. The smallest absolute Gasteiger partial charge is 0.00683 e. The first-order valence-corrected chi connectivity index (χ1v) is 7.49. The average molecular weight is 223 g/mol.